The van der Waals surface area contributed by atoms with E-state index in [-0.39, 0.29) is 17.0 Å². The molecule has 0 spiro atoms. The monoisotopic (exact) mass is 377 g/mol. The molecule has 0 unspecified atom stereocenters. The number of ether oxygens (including phenoxy) is 1. The lowest BCUT2D eigenvalue weighted by Crippen LogP contribution is -2.23. The van der Waals surface area contributed by atoms with Gasteiger partial charge in [0.2, 0.25) is 10.0 Å². The molecule has 26 heavy (non-hydrogen) atoms. The number of nitrogens with zero attached hydrogens (tertiary/aromatic N) is 4. The van der Waals surface area contributed by atoms with Gasteiger partial charge in [-0.25, -0.2) is 22.6 Å². The van der Waals surface area contributed by atoms with Crippen molar-refractivity contribution in [3.63, 3.8) is 0 Å². The largest absolute Gasteiger partial charge is 0.465 e. The van der Waals surface area contributed by atoms with Gasteiger partial charge in [0.25, 0.3) is 0 Å². The summed E-state index contributed by atoms with van der Waals surface area (Å²) in [6.45, 7) is 1.48. The molecular weight excluding hydrogens is 362 g/mol. The van der Waals surface area contributed by atoms with E-state index in [0.29, 0.717) is 17.2 Å². The molecule has 0 aliphatic rings. The highest BCUT2D eigenvalue weighted by Gasteiger charge is 2.19. The van der Waals surface area contributed by atoms with Gasteiger partial charge in [0.15, 0.2) is 0 Å². The predicted octanol–water partition coefficient (Wildman–Crippen LogP) is 0.829. The van der Waals surface area contributed by atoms with Gasteiger partial charge < -0.3 is 9.15 Å². The number of aryl methyl sites for hydroxylation is 1. The lowest BCUT2D eigenvalue weighted by atomic mass is 10.2. The van der Waals surface area contributed by atoms with E-state index in [1.807, 2.05) is 0 Å². The Morgan fingerprint density at radius 1 is 1.35 bits per heavy atom. The number of benzene rings is 1. The Bertz CT molecular complexity index is 1030. The SMILES string of the molecule is COC(=O)c1cc(CNS(=O)(=O)c2cccc(-n3cnnn3)c2)oc1C. The summed E-state index contributed by atoms with van der Waals surface area (Å²) in [5, 5.41) is 10.8. The number of hydrogen-bond donors (Lipinski definition) is 1. The van der Waals surface area contributed by atoms with Gasteiger partial charge in [-0.1, -0.05) is 6.07 Å². The summed E-state index contributed by atoms with van der Waals surface area (Å²) in [6.07, 6.45) is 1.36. The average molecular weight is 377 g/mol. The Morgan fingerprint density at radius 2 is 2.15 bits per heavy atom. The maximum Gasteiger partial charge on any atom is 0.341 e. The second-order valence-electron chi connectivity index (χ2n) is 5.25. The molecule has 0 fully saturated rings. The van der Waals surface area contributed by atoms with Crippen molar-refractivity contribution >= 4 is 16.0 Å². The molecule has 2 aromatic heterocycles. The maximum atomic E-state index is 12.5. The molecule has 0 aliphatic heterocycles. The molecule has 0 bridgehead atoms. The van der Waals surface area contributed by atoms with Crippen molar-refractivity contribution in [2.45, 2.75) is 18.4 Å². The zero-order chi connectivity index (χ0) is 18.7. The summed E-state index contributed by atoms with van der Waals surface area (Å²) in [5.41, 5.74) is 0.752. The molecule has 10 nitrogen and oxygen atoms in total. The second kappa shape index (κ2) is 7.06. The van der Waals surface area contributed by atoms with E-state index in [9.17, 15) is 13.2 Å². The van der Waals surface area contributed by atoms with Crippen LogP contribution in [0.5, 0.6) is 0 Å². The van der Waals surface area contributed by atoms with E-state index in [0.717, 1.165) is 0 Å². The molecule has 0 aliphatic carbocycles. The molecule has 0 atom stereocenters. The van der Waals surface area contributed by atoms with Crippen LogP contribution in [0.25, 0.3) is 5.69 Å². The molecule has 0 amide bonds. The number of hydrogen-bond acceptors (Lipinski definition) is 8. The molecular formula is C15H15N5O5S. The topological polar surface area (TPSA) is 129 Å². The Morgan fingerprint density at radius 3 is 2.85 bits per heavy atom. The van der Waals surface area contributed by atoms with E-state index in [1.165, 1.54) is 36.3 Å². The van der Waals surface area contributed by atoms with Crippen LogP contribution in [-0.4, -0.2) is 41.7 Å². The fourth-order valence-electron chi connectivity index (χ4n) is 2.27. The van der Waals surface area contributed by atoms with Crippen LogP contribution in [0.15, 0.2) is 46.0 Å². The Hall–Kier alpha value is -3.05. The van der Waals surface area contributed by atoms with E-state index >= 15 is 0 Å². The summed E-state index contributed by atoms with van der Waals surface area (Å²) in [6, 6.07) is 7.59. The zero-order valence-corrected chi connectivity index (χ0v) is 14.7. The zero-order valence-electron chi connectivity index (χ0n) is 13.9. The predicted molar refractivity (Wildman–Crippen MR) is 88.0 cm³/mol. The van der Waals surface area contributed by atoms with Crippen molar-refractivity contribution in [1.29, 1.82) is 0 Å². The number of methoxy groups -OCH3 is 1. The number of aromatic nitrogens is 4. The van der Waals surface area contributed by atoms with Gasteiger partial charge in [0, 0.05) is 0 Å². The van der Waals surface area contributed by atoms with Gasteiger partial charge in [0.1, 0.15) is 23.4 Å². The van der Waals surface area contributed by atoms with E-state index in [2.05, 4.69) is 25.0 Å². The molecule has 2 heterocycles. The number of rotatable bonds is 6. The minimum absolute atomic E-state index is 0.0435. The minimum atomic E-state index is -3.81. The lowest BCUT2D eigenvalue weighted by molar-refractivity contribution is 0.0599. The van der Waals surface area contributed by atoms with Crippen molar-refractivity contribution in [3.05, 3.63) is 53.7 Å². The first kappa shape index (κ1) is 17.8. The third kappa shape index (κ3) is 3.63. The van der Waals surface area contributed by atoms with Crippen molar-refractivity contribution < 1.29 is 22.4 Å². The van der Waals surface area contributed by atoms with Gasteiger partial charge in [-0.3, -0.25) is 0 Å². The highest BCUT2D eigenvalue weighted by molar-refractivity contribution is 7.89. The molecule has 1 aromatic carbocycles. The Balaban J connectivity index is 1.78. The number of carbonyl (C=O) groups excluding carboxylic acids is 1. The van der Waals surface area contributed by atoms with E-state index < -0.39 is 16.0 Å². The van der Waals surface area contributed by atoms with Gasteiger partial charge in [-0.15, -0.1) is 5.10 Å². The molecule has 3 rings (SSSR count). The van der Waals surface area contributed by atoms with Crippen LogP contribution < -0.4 is 4.72 Å². The highest BCUT2D eigenvalue weighted by atomic mass is 32.2. The van der Waals surface area contributed by atoms with Crippen LogP contribution in [0.1, 0.15) is 21.9 Å². The van der Waals surface area contributed by atoms with Crippen LogP contribution in [0, 0.1) is 6.92 Å². The normalized spacial score (nSPS) is 11.5. The van der Waals surface area contributed by atoms with Gasteiger partial charge in [0.05, 0.1) is 24.2 Å². The Labute approximate surface area is 148 Å². The number of nitrogens with one attached hydrogen (secondary N) is 1. The smallest absolute Gasteiger partial charge is 0.341 e. The molecule has 0 saturated carbocycles. The number of furan rings is 1. The van der Waals surface area contributed by atoms with Crippen molar-refractivity contribution in [2.75, 3.05) is 7.11 Å². The maximum absolute atomic E-state index is 12.5. The quantitative estimate of drug-likeness (QED) is 0.625. The number of sulfonamides is 1. The summed E-state index contributed by atoms with van der Waals surface area (Å²) >= 11 is 0. The van der Waals surface area contributed by atoms with Crippen molar-refractivity contribution in [2.24, 2.45) is 0 Å². The van der Waals surface area contributed by atoms with Crippen molar-refractivity contribution in [1.82, 2.24) is 24.9 Å². The summed E-state index contributed by atoms with van der Waals surface area (Å²) in [7, 11) is -2.55. The van der Waals surface area contributed by atoms with Crippen LogP contribution in [0.4, 0.5) is 0 Å². The summed E-state index contributed by atoms with van der Waals surface area (Å²) < 4.78 is 38.8. The summed E-state index contributed by atoms with van der Waals surface area (Å²) in [4.78, 5) is 11.6. The second-order valence-corrected chi connectivity index (χ2v) is 7.02. The molecule has 0 radical (unpaired) electrons. The fraction of sp³-hybridized carbons (Fsp3) is 0.200. The standard InChI is InChI=1S/C15H15N5O5S/c1-10-14(15(21)24-2)7-12(25-10)8-17-26(22,23)13-5-3-4-11(6-13)20-9-16-18-19-20/h3-7,9,17H,8H2,1-2H3. The van der Waals surface area contributed by atoms with Gasteiger partial charge >= 0.3 is 5.97 Å². The fourth-order valence-corrected chi connectivity index (χ4v) is 3.30. The first-order chi connectivity index (χ1) is 12.4. The third-order valence-electron chi connectivity index (χ3n) is 3.55. The summed E-state index contributed by atoms with van der Waals surface area (Å²) in [5.74, 6) is 0.101. The molecule has 136 valence electrons. The first-order valence-corrected chi connectivity index (χ1v) is 8.90. The Kier molecular flexibility index (Phi) is 4.82. The molecule has 3 aromatic rings. The van der Waals surface area contributed by atoms with Gasteiger partial charge in [-0.05, 0) is 41.6 Å². The van der Waals surface area contributed by atoms with Crippen LogP contribution in [-0.2, 0) is 21.3 Å². The van der Waals surface area contributed by atoms with Gasteiger partial charge in [-0.2, -0.15) is 0 Å². The van der Waals surface area contributed by atoms with Crippen LogP contribution in [0.3, 0.4) is 0 Å². The van der Waals surface area contributed by atoms with Crippen molar-refractivity contribution in [3.8, 4) is 5.69 Å². The average Bonchev–Trinajstić information content (AvgIpc) is 3.29. The highest BCUT2D eigenvalue weighted by Crippen LogP contribution is 2.18. The van der Waals surface area contributed by atoms with E-state index in [1.54, 1.807) is 19.1 Å². The number of tetrazole rings is 1. The first-order valence-electron chi connectivity index (χ1n) is 7.41. The number of carbonyl (C=O) groups is 1. The van der Waals surface area contributed by atoms with Crippen LogP contribution >= 0.6 is 0 Å². The molecule has 1 N–H and O–H groups in total. The third-order valence-corrected chi connectivity index (χ3v) is 4.95. The number of esters is 1. The minimum Gasteiger partial charge on any atom is -0.465 e. The lowest BCUT2D eigenvalue weighted by Gasteiger charge is -2.07. The van der Waals surface area contributed by atoms with E-state index in [4.69, 9.17) is 4.42 Å². The molecule has 11 heteroatoms. The molecule has 0 saturated heterocycles. The van der Waals surface area contributed by atoms with Crippen LogP contribution in [0.2, 0.25) is 0 Å².